The zero-order valence-corrected chi connectivity index (χ0v) is 14.0. The summed E-state index contributed by atoms with van der Waals surface area (Å²) in [6, 6.07) is 0. The van der Waals surface area contributed by atoms with Gasteiger partial charge in [-0.1, -0.05) is 13.8 Å². The predicted octanol–water partition coefficient (Wildman–Crippen LogP) is 2.74. The average molecular weight is 300 g/mol. The van der Waals surface area contributed by atoms with E-state index >= 15 is 0 Å². The van der Waals surface area contributed by atoms with Gasteiger partial charge < -0.3 is 5.73 Å². The summed E-state index contributed by atoms with van der Waals surface area (Å²) in [5.41, 5.74) is 7.80. The van der Waals surface area contributed by atoms with E-state index in [9.17, 15) is 0 Å². The number of hydrogen-bond donors (Lipinski definition) is 1. The summed E-state index contributed by atoms with van der Waals surface area (Å²) in [6.45, 7) is 8.39. The molecule has 0 radical (unpaired) electrons. The number of likely N-dealkylation sites (N-methyl/N-ethyl adjacent to an activating group) is 1. The fourth-order valence-corrected chi connectivity index (χ4v) is 5.11. The van der Waals surface area contributed by atoms with Crippen LogP contribution in [0.4, 0.5) is 0 Å². The molecule has 1 fully saturated rings. The minimum atomic E-state index is 0.115. The normalized spacial score (nSPS) is 26.8. The van der Waals surface area contributed by atoms with E-state index in [1.54, 1.807) is 11.3 Å². The van der Waals surface area contributed by atoms with Gasteiger partial charge >= 0.3 is 0 Å². The van der Waals surface area contributed by atoms with E-state index in [1.807, 2.05) is 11.8 Å². The van der Waals surface area contributed by atoms with Gasteiger partial charge in [0.15, 0.2) is 0 Å². The highest BCUT2D eigenvalue weighted by Crippen LogP contribution is 2.41. The number of aryl methyl sites for hydroxylation is 1. The maximum Gasteiger partial charge on any atom is 0.0897 e. The lowest BCUT2D eigenvalue weighted by Crippen LogP contribution is -2.58. The summed E-state index contributed by atoms with van der Waals surface area (Å²) < 4.78 is 0. The van der Waals surface area contributed by atoms with E-state index < -0.39 is 0 Å². The number of hydrogen-bond acceptors (Lipinski definition) is 5. The Labute approximate surface area is 125 Å². The van der Waals surface area contributed by atoms with Crippen LogP contribution in [0.15, 0.2) is 5.38 Å². The first-order valence-corrected chi connectivity index (χ1v) is 8.80. The molecule has 1 unspecified atom stereocenters. The third kappa shape index (κ3) is 3.51. The standard InChI is InChI=1S/C14H25N3S2/c1-11-16-12(6-19-11)5-17(4)14(8-15)7-13(2,3)9-18-10-14/h6H,5,7-10,15H2,1-4H3. The predicted molar refractivity (Wildman–Crippen MR) is 85.8 cm³/mol. The van der Waals surface area contributed by atoms with E-state index in [4.69, 9.17) is 5.73 Å². The lowest BCUT2D eigenvalue weighted by Gasteiger charge is -2.49. The van der Waals surface area contributed by atoms with Gasteiger partial charge in [-0.25, -0.2) is 4.98 Å². The van der Waals surface area contributed by atoms with Gasteiger partial charge in [0, 0.05) is 29.8 Å². The third-order valence-corrected chi connectivity index (χ3v) is 6.48. The van der Waals surface area contributed by atoms with Crippen LogP contribution in [0.5, 0.6) is 0 Å². The lowest BCUT2D eigenvalue weighted by atomic mass is 9.79. The molecular weight excluding hydrogens is 274 g/mol. The highest BCUT2D eigenvalue weighted by molar-refractivity contribution is 7.99. The van der Waals surface area contributed by atoms with Gasteiger partial charge in [0.25, 0.3) is 0 Å². The Kier molecular flexibility index (Phi) is 4.60. The highest BCUT2D eigenvalue weighted by atomic mass is 32.2. The lowest BCUT2D eigenvalue weighted by molar-refractivity contribution is 0.0860. The van der Waals surface area contributed by atoms with Crippen molar-refractivity contribution in [1.82, 2.24) is 9.88 Å². The molecule has 19 heavy (non-hydrogen) atoms. The number of nitrogens with zero attached hydrogens (tertiary/aromatic N) is 2. The molecule has 1 atom stereocenters. The molecule has 0 amide bonds. The Bertz CT molecular complexity index is 430. The summed E-state index contributed by atoms with van der Waals surface area (Å²) >= 11 is 3.76. The number of nitrogens with two attached hydrogens (primary N) is 1. The van der Waals surface area contributed by atoms with Crippen LogP contribution in [0.1, 0.15) is 31.0 Å². The molecular formula is C14H25N3S2. The van der Waals surface area contributed by atoms with E-state index in [-0.39, 0.29) is 5.54 Å². The van der Waals surface area contributed by atoms with Gasteiger partial charge in [-0.15, -0.1) is 11.3 Å². The van der Waals surface area contributed by atoms with Gasteiger partial charge in [-0.05, 0) is 31.6 Å². The molecule has 108 valence electrons. The van der Waals surface area contributed by atoms with Gasteiger partial charge in [0.05, 0.1) is 10.7 Å². The van der Waals surface area contributed by atoms with Crippen molar-refractivity contribution in [2.24, 2.45) is 11.1 Å². The van der Waals surface area contributed by atoms with E-state index in [1.165, 1.54) is 17.9 Å². The van der Waals surface area contributed by atoms with E-state index in [0.29, 0.717) is 5.41 Å². The Morgan fingerprint density at radius 3 is 2.68 bits per heavy atom. The molecule has 2 heterocycles. The maximum atomic E-state index is 6.15. The first-order chi connectivity index (χ1) is 8.87. The Hall–Kier alpha value is -0.100. The zero-order chi connectivity index (χ0) is 14.1. The molecule has 2 rings (SSSR count). The summed E-state index contributed by atoms with van der Waals surface area (Å²) in [7, 11) is 2.20. The van der Waals surface area contributed by atoms with Crippen LogP contribution in [-0.2, 0) is 6.54 Å². The number of thioether (sulfide) groups is 1. The molecule has 0 saturated carbocycles. The van der Waals surface area contributed by atoms with Gasteiger partial charge in [0.2, 0.25) is 0 Å². The minimum Gasteiger partial charge on any atom is -0.329 e. The second kappa shape index (κ2) is 5.72. The summed E-state index contributed by atoms with van der Waals surface area (Å²) in [5, 5.41) is 3.31. The van der Waals surface area contributed by atoms with Crippen LogP contribution in [0.2, 0.25) is 0 Å². The van der Waals surface area contributed by atoms with Crippen molar-refractivity contribution in [3.8, 4) is 0 Å². The van der Waals surface area contributed by atoms with Crippen molar-refractivity contribution in [2.75, 3.05) is 25.1 Å². The number of aromatic nitrogens is 1. The molecule has 0 bridgehead atoms. The van der Waals surface area contributed by atoms with Crippen LogP contribution in [-0.4, -0.2) is 40.5 Å². The van der Waals surface area contributed by atoms with Crippen molar-refractivity contribution in [3.63, 3.8) is 0 Å². The number of rotatable bonds is 4. The maximum absolute atomic E-state index is 6.15. The van der Waals surface area contributed by atoms with Crippen LogP contribution >= 0.6 is 23.1 Å². The van der Waals surface area contributed by atoms with Crippen LogP contribution in [0.25, 0.3) is 0 Å². The molecule has 1 saturated heterocycles. The van der Waals surface area contributed by atoms with E-state index in [2.05, 4.69) is 43.1 Å². The Balaban J connectivity index is 2.11. The topological polar surface area (TPSA) is 42.2 Å². The SMILES string of the molecule is Cc1nc(CN(C)C2(CN)CSCC(C)(C)C2)cs1. The first-order valence-electron chi connectivity index (χ1n) is 6.77. The summed E-state index contributed by atoms with van der Waals surface area (Å²) in [5.74, 6) is 2.37. The van der Waals surface area contributed by atoms with Crippen LogP contribution in [0.3, 0.4) is 0 Å². The molecule has 3 nitrogen and oxygen atoms in total. The molecule has 1 aromatic heterocycles. The monoisotopic (exact) mass is 299 g/mol. The summed E-state index contributed by atoms with van der Waals surface area (Å²) in [4.78, 5) is 7.00. The smallest absolute Gasteiger partial charge is 0.0897 e. The Morgan fingerprint density at radius 2 is 2.16 bits per heavy atom. The van der Waals surface area contributed by atoms with E-state index in [0.717, 1.165) is 23.8 Å². The van der Waals surface area contributed by atoms with Crippen LogP contribution in [0, 0.1) is 12.3 Å². The first kappa shape index (κ1) is 15.3. The average Bonchev–Trinajstić information content (AvgIpc) is 2.73. The summed E-state index contributed by atoms with van der Waals surface area (Å²) in [6.07, 6.45) is 1.17. The van der Waals surface area contributed by atoms with Gasteiger partial charge in [0.1, 0.15) is 0 Å². The molecule has 1 aliphatic rings. The second-order valence-electron chi connectivity index (χ2n) is 6.48. The second-order valence-corrected chi connectivity index (χ2v) is 8.52. The molecule has 0 spiro atoms. The fraction of sp³-hybridized carbons (Fsp3) is 0.786. The zero-order valence-electron chi connectivity index (χ0n) is 12.4. The van der Waals surface area contributed by atoms with Crippen molar-refractivity contribution in [1.29, 1.82) is 0 Å². The molecule has 1 aliphatic heterocycles. The van der Waals surface area contributed by atoms with Gasteiger partial charge in [-0.3, -0.25) is 4.90 Å². The molecule has 5 heteroatoms. The minimum absolute atomic E-state index is 0.115. The van der Waals surface area contributed by atoms with Gasteiger partial charge in [-0.2, -0.15) is 11.8 Å². The van der Waals surface area contributed by atoms with Crippen molar-refractivity contribution < 1.29 is 0 Å². The molecule has 0 aliphatic carbocycles. The number of thiazole rings is 1. The van der Waals surface area contributed by atoms with Crippen LogP contribution < -0.4 is 5.73 Å². The largest absolute Gasteiger partial charge is 0.329 e. The van der Waals surface area contributed by atoms with Crippen molar-refractivity contribution in [2.45, 2.75) is 39.3 Å². The molecule has 1 aromatic rings. The molecule has 0 aromatic carbocycles. The third-order valence-electron chi connectivity index (χ3n) is 3.93. The van der Waals surface area contributed by atoms with Crippen molar-refractivity contribution in [3.05, 3.63) is 16.1 Å². The molecule has 2 N–H and O–H groups in total. The van der Waals surface area contributed by atoms with Crippen molar-refractivity contribution >= 4 is 23.1 Å². The fourth-order valence-electron chi connectivity index (χ4n) is 2.93. The highest BCUT2D eigenvalue weighted by Gasteiger charge is 2.42. The quantitative estimate of drug-likeness (QED) is 0.928. The Morgan fingerprint density at radius 1 is 1.42 bits per heavy atom.